The van der Waals surface area contributed by atoms with E-state index in [1.807, 2.05) is 0 Å². The van der Waals surface area contributed by atoms with Crippen LogP contribution in [0.15, 0.2) is 41.3 Å². The van der Waals surface area contributed by atoms with Gasteiger partial charge >= 0.3 is 12.2 Å². The minimum atomic E-state index is -1.51. The number of alkyl carbamates (subject to hydrolysis) is 1. The third-order valence-electron chi connectivity index (χ3n) is 6.52. The molecule has 0 bridgehead atoms. The Bertz CT molecular complexity index is 1660. The van der Waals surface area contributed by atoms with Gasteiger partial charge in [0.15, 0.2) is 11.6 Å². The van der Waals surface area contributed by atoms with Crippen molar-refractivity contribution in [3.05, 3.63) is 69.9 Å². The van der Waals surface area contributed by atoms with Gasteiger partial charge in [-0.05, 0) is 43.4 Å². The average molecular weight is 617 g/mol. The summed E-state index contributed by atoms with van der Waals surface area (Å²) in [6.45, 7) is 3.17. The van der Waals surface area contributed by atoms with E-state index >= 15 is 0 Å². The summed E-state index contributed by atoms with van der Waals surface area (Å²) in [5.74, 6) is -3.63. The quantitative estimate of drug-likeness (QED) is 0.276. The number of pyridine rings is 1. The number of hydrogen-bond acceptors (Lipinski definition) is 7. The van der Waals surface area contributed by atoms with Gasteiger partial charge < -0.3 is 29.9 Å². The second-order valence-corrected chi connectivity index (χ2v) is 10.5. The second kappa shape index (κ2) is 14.4. The molecule has 1 atom stereocenters. The van der Waals surface area contributed by atoms with Gasteiger partial charge in [-0.15, -0.1) is 0 Å². The molecule has 0 aliphatic rings. The molecule has 236 valence electrons. The molecule has 3 rings (SSSR count). The molecular formula is C29H34F2N6O7. The van der Waals surface area contributed by atoms with Crippen molar-refractivity contribution in [3.8, 4) is 0 Å². The van der Waals surface area contributed by atoms with Crippen molar-refractivity contribution < 1.29 is 37.8 Å². The lowest BCUT2D eigenvalue weighted by atomic mass is 10.0. The molecule has 0 aliphatic heterocycles. The predicted molar refractivity (Wildman–Crippen MR) is 156 cm³/mol. The van der Waals surface area contributed by atoms with Gasteiger partial charge in [0.05, 0.1) is 24.7 Å². The third kappa shape index (κ3) is 7.85. The summed E-state index contributed by atoms with van der Waals surface area (Å²) in [4.78, 5) is 67.8. The van der Waals surface area contributed by atoms with Gasteiger partial charge in [0.1, 0.15) is 17.6 Å². The number of likely N-dealkylation sites (N-methyl/N-ethyl adjacent to an activating group) is 1. The van der Waals surface area contributed by atoms with Crippen molar-refractivity contribution >= 4 is 40.7 Å². The normalized spacial score (nSPS) is 12.0. The zero-order chi connectivity index (χ0) is 32.7. The minimum Gasteiger partial charge on any atom is -0.464 e. The number of nitrogens with one attached hydrogen (secondary N) is 2. The molecule has 2 aromatic heterocycles. The van der Waals surface area contributed by atoms with Gasteiger partial charge in [0.25, 0.3) is 5.56 Å². The molecule has 1 aromatic carbocycles. The lowest BCUT2D eigenvalue weighted by molar-refractivity contribution is -0.123. The maximum absolute atomic E-state index is 14.7. The predicted octanol–water partition coefficient (Wildman–Crippen LogP) is 3.34. The standard InChI is InChI=1S/C29H34F2N6O7/c1-16(2)13-17-24(31)18(30)14-21-25(17)34-22(37(21)29(42)43)15-36-12-8-10-20(27(36)40)32-26(39)19(33-28(41)44-5)9-6-7-11-23(38)35(3)4/h7-8,10-12,14,16,19H,6,9,13,15H2,1-5H3,(H,32,39)(H,33,41)(H,42,43). The molecule has 3 amide bonds. The molecule has 1 unspecified atom stereocenters. The summed E-state index contributed by atoms with van der Waals surface area (Å²) in [6.07, 6.45) is 2.18. The number of halogens is 2. The number of imidazole rings is 1. The zero-order valence-corrected chi connectivity index (χ0v) is 24.9. The molecule has 15 heteroatoms. The zero-order valence-electron chi connectivity index (χ0n) is 24.9. The maximum atomic E-state index is 14.7. The highest BCUT2D eigenvalue weighted by Crippen LogP contribution is 2.27. The number of benzene rings is 1. The summed E-state index contributed by atoms with van der Waals surface area (Å²) in [5.41, 5.74) is -1.21. The highest BCUT2D eigenvalue weighted by molar-refractivity contribution is 5.96. The molecule has 0 saturated heterocycles. The van der Waals surface area contributed by atoms with Crippen LogP contribution in [0.3, 0.4) is 0 Å². The Hall–Kier alpha value is -5.08. The number of fused-ring (bicyclic) bond motifs is 1. The van der Waals surface area contributed by atoms with Gasteiger partial charge in [-0.2, -0.15) is 0 Å². The number of carbonyl (C=O) groups excluding carboxylic acids is 3. The number of aromatic nitrogens is 3. The number of amides is 3. The monoisotopic (exact) mass is 616 g/mol. The Kier molecular flexibility index (Phi) is 10.9. The van der Waals surface area contributed by atoms with Gasteiger partial charge in [0.2, 0.25) is 11.8 Å². The fourth-order valence-electron chi connectivity index (χ4n) is 4.38. The lowest BCUT2D eigenvalue weighted by Gasteiger charge is -2.17. The second-order valence-electron chi connectivity index (χ2n) is 10.5. The highest BCUT2D eigenvalue weighted by atomic mass is 19.2. The summed E-state index contributed by atoms with van der Waals surface area (Å²) >= 11 is 0. The summed E-state index contributed by atoms with van der Waals surface area (Å²) in [6, 6.07) is 2.34. The minimum absolute atomic E-state index is 0.0365. The van der Waals surface area contributed by atoms with Crippen LogP contribution in [0.1, 0.15) is 38.1 Å². The van der Waals surface area contributed by atoms with Crippen molar-refractivity contribution in [2.75, 3.05) is 26.5 Å². The molecule has 44 heavy (non-hydrogen) atoms. The molecule has 3 aromatic rings. The van der Waals surface area contributed by atoms with Crippen LogP contribution in [0.5, 0.6) is 0 Å². The molecule has 0 saturated carbocycles. The molecule has 3 N–H and O–H groups in total. The van der Waals surface area contributed by atoms with E-state index in [-0.39, 0.29) is 59.2 Å². The molecule has 0 radical (unpaired) electrons. The van der Waals surface area contributed by atoms with Crippen LogP contribution in [0.25, 0.3) is 11.0 Å². The van der Waals surface area contributed by atoms with Crippen LogP contribution >= 0.6 is 0 Å². The fourth-order valence-corrected chi connectivity index (χ4v) is 4.38. The van der Waals surface area contributed by atoms with E-state index in [1.165, 1.54) is 35.4 Å². The number of carboxylic acid groups (broad SMARTS) is 1. The van der Waals surface area contributed by atoms with E-state index in [0.29, 0.717) is 4.57 Å². The third-order valence-corrected chi connectivity index (χ3v) is 6.52. The maximum Gasteiger partial charge on any atom is 0.417 e. The van der Waals surface area contributed by atoms with E-state index in [9.17, 15) is 37.9 Å². The topological polar surface area (TPSA) is 165 Å². The van der Waals surface area contributed by atoms with Crippen molar-refractivity contribution in [2.45, 2.75) is 45.7 Å². The van der Waals surface area contributed by atoms with E-state index < -0.39 is 47.9 Å². The number of anilines is 1. The van der Waals surface area contributed by atoms with Gasteiger partial charge in [-0.25, -0.2) is 27.9 Å². The smallest absolute Gasteiger partial charge is 0.417 e. The van der Waals surface area contributed by atoms with Gasteiger partial charge in [0, 0.05) is 31.9 Å². The summed E-state index contributed by atoms with van der Waals surface area (Å²) in [7, 11) is 4.28. The van der Waals surface area contributed by atoms with Crippen LogP contribution in [0.4, 0.5) is 24.1 Å². The molecule has 2 heterocycles. The SMILES string of the molecule is COC(=O)NC(CCC=CC(=O)N(C)C)C(=O)Nc1cccn(Cc2nc3c(CC(C)C)c(F)c(F)cc3n2C(=O)O)c1=O. The van der Waals surface area contributed by atoms with Crippen LogP contribution in [0.2, 0.25) is 0 Å². The molecule has 0 aliphatic carbocycles. The average Bonchev–Trinajstić information content (AvgIpc) is 3.31. The molecule has 0 spiro atoms. The Balaban J connectivity index is 1.92. The van der Waals surface area contributed by atoms with Gasteiger partial charge in [-0.3, -0.25) is 14.4 Å². The van der Waals surface area contributed by atoms with E-state index in [0.717, 1.165) is 17.7 Å². The number of hydrogen-bond donors (Lipinski definition) is 3. The summed E-state index contributed by atoms with van der Waals surface area (Å²) in [5, 5.41) is 14.7. The van der Waals surface area contributed by atoms with Crippen molar-refractivity contribution in [1.82, 2.24) is 24.3 Å². The lowest BCUT2D eigenvalue weighted by Crippen LogP contribution is -2.44. The van der Waals surface area contributed by atoms with Crippen molar-refractivity contribution in [3.63, 3.8) is 0 Å². The number of ether oxygens (including phenoxy) is 1. The Morgan fingerprint density at radius 2 is 1.91 bits per heavy atom. The van der Waals surface area contributed by atoms with Crippen LogP contribution in [-0.4, -0.2) is 75.4 Å². The first-order valence-corrected chi connectivity index (χ1v) is 13.6. The Morgan fingerprint density at radius 3 is 2.52 bits per heavy atom. The first kappa shape index (κ1) is 33.4. The largest absolute Gasteiger partial charge is 0.464 e. The van der Waals surface area contributed by atoms with Crippen molar-refractivity contribution in [2.24, 2.45) is 5.92 Å². The van der Waals surface area contributed by atoms with E-state index in [4.69, 9.17) is 0 Å². The van der Waals surface area contributed by atoms with Crippen LogP contribution in [-0.2, 0) is 27.3 Å². The highest BCUT2D eigenvalue weighted by Gasteiger charge is 2.25. The molecule has 0 fully saturated rings. The molecule has 13 nitrogen and oxygen atoms in total. The molecular weight excluding hydrogens is 582 g/mol. The van der Waals surface area contributed by atoms with Crippen LogP contribution in [0, 0.1) is 17.6 Å². The Labute approximate surface area is 251 Å². The number of nitrogens with zero attached hydrogens (tertiary/aromatic N) is 4. The van der Waals surface area contributed by atoms with E-state index in [2.05, 4.69) is 20.4 Å². The summed E-state index contributed by atoms with van der Waals surface area (Å²) < 4.78 is 35.5. The van der Waals surface area contributed by atoms with Crippen LogP contribution < -0.4 is 16.2 Å². The van der Waals surface area contributed by atoms with Gasteiger partial charge in [-0.1, -0.05) is 19.9 Å². The number of methoxy groups -OCH3 is 1. The first-order chi connectivity index (χ1) is 20.7. The van der Waals surface area contributed by atoms with Crippen molar-refractivity contribution in [1.29, 1.82) is 0 Å². The fraction of sp³-hybridized carbons (Fsp3) is 0.379. The first-order valence-electron chi connectivity index (χ1n) is 13.6. The Morgan fingerprint density at radius 1 is 1.20 bits per heavy atom. The van der Waals surface area contributed by atoms with E-state index in [1.54, 1.807) is 27.9 Å². The number of carbonyl (C=O) groups is 4. The number of allylic oxidation sites excluding steroid dienone is 1. The number of rotatable bonds is 11.